The van der Waals surface area contributed by atoms with Crippen LogP contribution >= 0.6 is 11.3 Å². The van der Waals surface area contributed by atoms with Crippen molar-refractivity contribution in [1.82, 2.24) is 4.57 Å². The summed E-state index contributed by atoms with van der Waals surface area (Å²) in [4.78, 5) is 0. The second-order valence-electron chi connectivity index (χ2n) is 10.4. The molecule has 39 heavy (non-hydrogen) atoms. The van der Waals surface area contributed by atoms with Crippen molar-refractivity contribution in [3.63, 3.8) is 0 Å². The van der Waals surface area contributed by atoms with Crippen LogP contribution in [-0.4, -0.2) is 10.7 Å². The van der Waals surface area contributed by atoms with Crippen molar-refractivity contribution in [2.75, 3.05) is 0 Å². The molecule has 0 amide bonds. The Balaban J connectivity index is 1.25. The molecule has 0 saturated carbocycles. The second kappa shape index (κ2) is 7.95. The highest BCUT2D eigenvalue weighted by atomic mass is 32.1. The van der Waals surface area contributed by atoms with Gasteiger partial charge in [-0.1, -0.05) is 91.0 Å². The third-order valence-electron chi connectivity index (χ3n) is 8.39. The van der Waals surface area contributed by atoms with Crippen LogP contribution in [0.4, 0.5) is 0 Å². The highest BCUT2D eigenvalue weighted by molar-refractivity contribution is 7.26. The lowest BCUT2D eigenvalue weighted by molar-refractivity contribution is 0.271. The van der Waals surface area contributed by atoms with Gasteiger partial charge in [0.1, 0.15) is 11.9 Å². The third kappa shape index (κ3) is 2.96. The minimum atomic E-state index is 0.0578. The zero-order chi connectivity index (χ0) is 25.5. The molecule has 9 rings (SSSR count). The normalized spacial score (nSPS) is 18.0. The molecule has 0 fully saturated rings. The second-order valence-corrected chi connectivity index (χ2v) is 11.5. The number of para-hydroxylation sites is 3. The van der Waals surface area contributed by atoms with Gasteiger partial charge in [-0.2, -0.15) is 0 Å². The summed E-state index contributed by atoms with van der Waals surface area (Å²) in [6.07, 6.45) is 6.66. The molecular formula is C36H23NOS. The molecule has 0 saturated heterocycles. The monoisotopic (exact) mass is 517 g/mol. The molecule has 2 atom stereocenters. The van der Waals surface area contributed by atoms with E-state index in [1.165, 1.54) is 64.4 Å². The van der Waals surface area contributed by atoms with Gasteiger partial charge in [0.25, 0.3) is 0 Å². The van der Waals surface area contributed by atoms with E-state index in [1.54, 1.807) is 0 Å². The predicted molar refractivity (Wildman–Crippen MR) is 164 cm³/mol. The fourth-order valence-electron chi connectivity index (χ4n) is 6.70. The van der Waals surface area contributed by atoms with Gasteiger partial charge in [-0.3, -0.25) is 0 Å². The fraction of sp³-hybridized carbons (Fsp3) is 0.0556. The number of ether oxygens (including phenoxy) is 1. The Labute approximate surface area is 229 Å². The summed E-state index contributed by atoms with van der Waals surface area (Å²) in [6.45, 7) is 0. The molecule has 1 aliphatic carbocycles. The van der Waals surface area contributed by atoms with Crippen LogP contribution in [0.3, 0.4) is 0 Å². The van der Waals surface area contributed by atoms with Gasteiger partial charge in [0, 0.05) is 31.8 Å². The average Bonchev–Trinajstić information content (AvgIpc) is 3.66. The molecule has 7 aromatic rings. The van der Waals surface area contributed by atoms with Crippen LogP contribution in [-0.2, 0) is 0 Å². The molecule has 1 aliphatic heterocycles. The quantitative estimate of drug-likeness (QED) is 0.223. The lowest BCUT2D eigenvalue weighted by Crippen LogP contribution is -2.19. The van der Waals surface area contributed by atoms with Crippen molar-refractivity contribution in [3.8, 4) is 11.4 Å². The van der Waals surface area contributed by atoms with E-state index in [9.17, 15) is 0 Å². The van der Waals surface area contributed by atoms with Crippen LogP contribution in [0.1, 0.15) is 17.0 Å². The van der Waals surface area contributed by atoms with Crippen LogP contribution in [0.2, 0.25) is 0 Å². The number of hydrogen-bond acceptors (Lipinski definition) is 2. The van der Waals surface area contributed by atoms with Gasteiger partial charge in [-0.25, -0.2) is 0 Å². The molecule has 0 N–H and O–H groups in total. The first-order chi connectivity index (χ1) is 19.3. The molecule has 0 radical (unpaired) electrons. The maximum Gasteiger partial charge on any atom is 0.128 e. The van der Waals surface area contributed by atoms with Gasteiger partial charge in [0.15, 0.2) is 0 Å². The van der Waals surface area contributed by atoms with Gasteiger partial charge in [-0.05, 0) is 47.5 Å². The third-order valence-corrected chi connectivity index (χ3v) is 9.58. The molecule has 0 spiro atoms. The average molecular weight is 518 g/mol. The number of rotatable bonds is 2. The van der Waals surface area contributed by atoms with Gasteiger partial charge < -0.3 is 9.30 Å². The summed E-state index contributed by atoms with van der Waals surface area (Å²) in [6, 6.07) is 39.7. The van der Waals surface area contributed by atoms with Crippen LogP contribution in [0, 0.1) is 0 Å². The molecule has 2 aromatic heterocycles. The number of allylic oxidation sites excluding steroid dienone is 2. The van der Waals surface area contributed by atoms with Crippen LogP contribution in [0.15, 0.2) is 127 Å². The van der Waals surface area contributed by atoms with Crippen molar-refractivity contribution in [1.29, 1.82) is 0 Å². The largest absolute Gasteiger partial charge is 0.485 e. The van der Waals surface area contributed by atoms with Crippen molar-refractivity contribution in [2.24, 2.45) is 0 Å². The number of hydrogen-bond donors (Lipinski definition) is 0. The summed E-state index contributed by atoms with van der Waals surface area (Å²) in [5.74, 6) is 1.23. The molecule has 5 aromatic carbocycles. The minimum absolute atomic E-state index is 0.0578. The molecule has 2 unspecified atom stereocenters. The van der Waals surface area contributed by atoms with Crippen molar-refractivity contribution >= 4 is 58.9 Å². The molecule has 2 aliphatic rings. The van der Waals surface area contributed by atoms with Crippen LogP contribution in [0.5, 0.6) is 5.75 Å². The summed E-state index contributed by atoms with van der Waals surface area (Å²) in [5, 5.41) is 5.21. The van der Waals surface area contributed by atoms with E-state index in [4.69, 9.17) is 4.74 Å². The Kier molecular flexibility index (Phi) is 4.35. The fourth-order valence-corrected chi connectivity index (χ4v) is 7.95. The Bertz CT molecular complexity index is 2120. The number of fused-ring (bicyclic) bond motifs is 9. The van der Waals surface area contributed by atoms with E-state index >= 15 is 0 Å². The van der Waals surface area contributed by atoms with Crippen LogP contribution in [0.25, 0.3) is 53.2 Å². The van der Waals surface area contributed by atoms with E-state index in [1.807, 2.05) is 11.3 Å². The summed E-state index contributed by atoms with van der Waals surface area (Å²) in [5.41, 5.74) is 7.61. The molecule has 3 heterocycles. The van der Waals surface area contributed by atoms with Crippen molar-refractivity contribution < 1.29 is 4.74 Å². The van der Waals surface area contributed by atoms with E-state index in [-0.39, 0.29) is 12.0 Å². The molecule has 3 heteroatoms. The summed E-state index contributed by atoms with van der Waals surface area (Å²) in [7, 11) is 0. The maximum atomic E-state index is 6.30. The lowest BCUT2D eigenvalue weighted by atomic mass is 9.81. The Hall–Kier alpha value is -4.60. The zero-order valence-corrected chi connectivity index (χ0v) is 21.9. The van der Waals surface area contributed by atoms with E-state index in [0.717, 1.165) is 5.75 Å². The first-order valence-electron chi connectivity index (χ1n) is 13.4. The predicted octanol–water partition coefficient (Wildman–Crippen LogP) is 9.65. The SMILES string of the molecule is C1=CC2Oc3ccccc3C2C(c2ccc3c(c2)sc2c(-n4c5ccccc5c5ccccc54)cccc23)=C1. The summed E-state index contributed by atoms with van der Waals surface area (Å²) < 4.78 is 11.4. The smallest absolute Gasteiger partial charge is 0.128 e. The number of aromatic nitrogens is 1. The number of benzene rings is 5. The minimum Gasteiger partial charge on any atom is -0.485 e. The van der Waals surface area contributed by atoms with Crippen molar-refractivity contribution in [3.05, 3.63) is 139 Å². The van der Waals surface area contributed by atoms with E-state index < -0.39 is 0 Å². The Morgan fingerprint density at radius 1 is 0.667 bits per heavy atom. The van der Waals surface area contributed by atoms with Gasteiger partial charge in [-0.15, -0.1) is 11.3 Å². The topological polar surface area (TPSA) is 14.2 Å². The molecular weight excluding hydrogens is 494 g/mol. The van der Waals surface area contributed by atoms with Crippen molar-refractivity contribution in [2.45, 2.75) is 12.0 Å². The Morgan fingerprint density at radius 3 is 2.26 bits per heavy atom. The Morgan fingerprint density at radius 2 is 1.41 bits per heavy atom. The molecule has 2 nitrogen and oxygen atoms in total. The van der Waals surface area contributed by atoms with E-state index in [2.05, 4.69) is 132 Å². The van der Waals surface area contributed by atoms with Crippen LogP contribution < -0.4 is 4.74 Å². The van der Waals surface area contributed by atoms with Gasteiger partial charge >= 0.3 is 0 Å². The number of thiophene rings is 1. The molecule has 184 valence electrons. The first kappa shape index (κ1) is 21.3. The highest BCUT2D eigenvalue weighted by Crippen LogP contribution is 2.49. The van der Waals surface area contributed by atoms with E-state index in [0.29, 0.717) is 0 Å². The molecule has 0 bridgehead atoms. The maximum absolute atomic E-state index is 6.30. The first-order valence-corrected chi connectivity index (χ1v) is 14.2. The van der Waals surface area contributed by atoms with Gasteiger partial charge in [0.05, 0.1) is 27.3 Å². The zero-order valence-electron chi connectivity index (χ0n) is 21.0. The van der Waals surface area contributed by atoms with Gasteiger partial charge in [0.2, 0.25) is 0 Å². The standard InChI is InChI=1S/C36H23NOS/c1-4-14-29-24(9-1)25-10-2-5-15-30(25)37(29)31-16-7-13-27-26-20-19-22(21-34(26)39-36(27)31)23-12-8-18-33-35(23)28-11-3-6-17-32(28)38-33/h1-21,33,35H. The highest BCUT2D eigenvalue weighted by Gasteiger charge is 2.37. The summed E-state index contributed by atoms with van der Waals surface area (Å²) >= 11 is 1.90. The lowest BCUT2D eigenvalue weighted by Gasteiger charge is -2.23. The number of nitrogens with zero attached hydrogens (tertiary/aromatic N) is 1.